The fourth-order valence-electron chi connectivity index (χ4n) is 1.06. The summed E-state index contributed by atoms with van der Waals surface area (Å²) in [6.45, 7) is 9.44. The molecule has 3 nitrogen and oxygen atoms in total. The second kappa shape index (κ2) is 2.57. The predicted octanol–water partition coefficient (Wildman–Crippen LogP) is 2.80. The van der Waals surface area contributed by atoms with Crippen LogP contribution in [0.1, 0.15) is 34.6 Å². The van der Waals surface area contributed by atoms with Crippen LogP contribution in [0.25, 0.3) is 0 Å². The van der Waals surface area contributed by atoms with E-state index in [1.165, 1.54) is 0 Å². The van der Waals surface area contributed by atoms with Crippen LogP contribution in [0.2, 0.25) is 0 Å². The Morgan fingerprint density at radius 1 is 1.08 bits per heavy atom. The Hall–Kier alpha value is 0.150. The second-order valence-electron chi connectivity index (χ2n) is 4.13. The lowest BCUT2D eigenvalue weighted by Crippen LogP contribution is -2.41. The van der Waals surface area contributed by atoms with E-state index in [2.05, 4.69) is 0 Å². The van der Waals surface area contributed by atoms with Gasteiger partial charge in [-0.2, -0.15) is 0 Å². The monoisotopic (exact) mass is 192 g/mol. The van der Waals surface area contributed by atoms with Crippen LogP contribution in [0.3, 0.4) is 0 Å². The highest BCUT2D eigenvalue weighted by molar-refractivity contribution is 7.54. The summed E-state index contributed by atoms with van der Waals surface area (Å²) in [5, 5.41) is 0. The molecule has 0 aliphatic carbocycles. The first kappa shape index (κ1) is 10.2. The molecule has 1 fully saturated rings. The first-order chi connectivity index (χ1) is 5.22. The zero-order valence-corrected chi connectivity index (χ0v) is 9.27. The van der Waals surface area contributed by atoms with Gasteiger partial charge in [0.2, 0.25) is 0 Å². The van der Waals surface area contributed by atoms with Gasteiger partial charge >= 0.3 is 7.60 Å². The molecule has 0 N–H and O–H groups in total. The summed E-state index contributed by atoms with van der Waals surface area (Å²) >= 11 is 0. The van der Waals surface area contributed by atoms with Crippen LogP contribution >= 0.6 is 7.60 Å². The van der Waals surface area contributed by atoms with E-state index in [1.54, 1.807) is 0 Å². The predicted molar refractivity (Wildman–Crippen MR) is 48.5 cm³/mol. The molecule has 1 rings (SSSR count). The van der Waals surface area contributed by atoms with E-state index in [-0.39, 0.29) is 0 Å². The standard InChI is InChI=1S/C8H17O3P/c1-6-12(9)10-7(2,3)8(4,5)11-12/h6H2,1-5H3. The van der Waals surface area contributed by atoms with Gasteiger partial charge in [-0.05, 0) is 27.7 Å². The molecule has 4 heteroatoms. The number of hydrogen-bond donors (Lipinski definition) is 0. The summed E-state index contributed by atoms with van der Waals surface area (Å²) in [6.07, 6.45) is 0.444. The van der Waals surface area contributed by atoms with Crippen LogP contribution in [0, 0.1) is 0 Å². The summed E-state index contributed by atoms with van der Waals surface area (Å²) in [5.74, 6) is 0. The fourth-order valence-corrected chi connectivity index (χ4v) is 3.19. The van der Waals surface area contributed by atoms with E-state index in [9.17, 15) is 4.57 Å². The van der Waals surface area contributed by atoms with Crippen LogP contribution in [0.4, 0.5) is 0 Å². The molecule has 1 heterocycles. The molecule has 12 heavy (non-hydrogen) atoms. The average Bonchev–Trinajstić information content (AvgIpc) is 1.99. The van der Waals surface area contributed by atoms with E-state index in [4.69, 9.17) is 9.05 Å². The maximum Gasteiger partial charge on any atom is 0.331 e. The van der Waals surface area contributed by atoms with Crippen molar-refractivity contribution in [3.05, 3.63) is 0 Å². The zero-order chi connectivity index (χ0) is 9.62. The third-order valence-electron chi connectivity index (χ3n) is 2.57. The minimum absolute atomic E-state index is 0.444. The fraction of sp³-hybridized carbons (Fsp3) is 1.00. The van der Waals surface area contributed by atoms with E-state index < -0.39 is 18.8 Å². The first-order valence-corrected chi connectivity index (χ1v) is 5.96. The molecule has 0 amide bonds. The smallest absolute Gasteiger partial charge is 0.299 e. The molecule has 0 aromatic carbocycles. The normalized spacial score (nSPS) is 30.4. The van der Waals surface area contributed by atoms with E-state index >= 15 is 0 Å². The molecular weight excluding hydrogens is 175 g/mol. The maximum atomic E-state index is 11.8. The van der Waals surface area contributed by atoms with Crippen molar-refractivity contribution in [1.29, 1.82) is 0 Å². The molecule has 72 valence electrons. The Labute approximate surface area is 74.0 Å². The summed E-state index contributed by atoms with van der Waals surface area (Å²) in [4.78, 5) is 0. The molecular formula is C8H17O3P. The Bertz CT molecular complexity index is 212. The molecule has 0 saturated carbocycles. The van der Waals surface area contributed by atoms with Crippen molar-refractivity contribution in [3.8, 4) is 0 Å². The Morgan fingerprint density at radius 3 is 1.58 bits per heavy atom. The minimum atomic E-state index is -2.79. The Morgan fingerprint density at radius 2 is 1.42 bits per heavy atom. The highest BCUT2D eigenvalue weighted by atomic mass is 31.2. The number of rotatable bonds is 1. The van der Waals surface area contributed by atoms with E-state index in [0.29, 0.717) is 6.16 Å². The Kier molecular flexibility index (Phi) is 2.19. The molecule has 0 bridgehead atoms. The largest absolute Gasteiger partial charge is 0.331 e. The molecule has 0 spiro atoms. The summed E-state index contributed by atoms with van der Waals surface area (Å²) in [5.41, 5.74) is -0.920. The quantitative estimate of drug-likeness (QED) is 0.599. The second-order valence-corrected chi connectivity index (χ2v) is 6.35. The molecule has 1 aliphatic heterocycles. The summed E-state index contributed by atoms with van der Waals surface area (Å²) in [7, 11) is -2.79. The lowest BCUT2D eigenvalue weighted by atomic mass is 9.90. The lowest BCUT2D eigenvalue weighted by molar-refractivity contribution is 0.00578. The van der Waals surface area contributed by atoms with Gasteiger partial charge < -0.3 is 0 Å². The van der Waals surface area contributed by atoms with Gasteiger partial charge in [0.05, 0.1) is 0 Å². The van der Waals surface area contributed by atoms with Gasteiger partial charge in [0.15, 0.2) is 0 Å². The first-order valence-electron chi connectivity index (χ1n) is 4.23. The Balaban J connectivity index is 2.96. The molecule has 0 atom stereocenters. The van der Waals surface area contributed by atoms with Gasteiger partial charge in [-0.15, -0.1) is 0 Å². The topological polar surface area (TPSA) is 35.5 Å². The zero-order valence-electron chi connectivity index (χ0n) is 8.38. The van der Waals surface area contributed by atoms with Gasteiger partial charge in [0.25, 0.3) is 0 Å². The summed E-state index contributed by atoms with van der Waals surface area (Å²) < 4.78 is 22.6. The SMILES string of the molecule is CCP1(=O)OC(C)(C)C(C)(C)O1. The van der Waals surface area contributed by atoms with Gasteiger partial charge in [0, 0.05) is 6.16 Å². The molecule has 0 aromatic heterocycles. The van der Waals surface area contributed by atoms with Crippen molar-refractivity contribution >= 4 is 7.60 Å². The lowest BCUT2D eigenvalue weighted by Gasteiger charge is -2.29. The van der Waals surface area contributed by atoms with Crippen LogP contribution in [-0.4, -0.2) is 17.4 Å². The third kappa shape index (κ3) is 1.46. The average molecular weight is 192 g/mol. The van der Waals surface area contributed by atoms with Crippen molar-refractivity contribution < 1.29 is 13.6 Å². The van der Waals surface area contributed by atoms with E-state index in [0.717, 1.165) is 0 Å². The van der Waals surface area contributed by atoms with Gasteiger partial charge in [-0.1, -0.05) is 6.92 Å². The van der Waals surface area contributed by atoms with Crippen LogP contribution < -0.4 is 0 Å². The molecule has 0 radical (unpaired) electrons. The van der Waals surface area contributed by atoms with Crippen LogP contribution in [0.15, 0.2) is 0 Å². The van der Waals surface area contributed by atoms with Crippen molar-refractivity contribution in [2.45, 2.75) is 45.8 Å². The molecule has 1 saturated heterocycles. The van der Waals surface area contributed by atoms with Crippen molar-refractivity contribution in [2.75, 3.05) is 6.16 Å². The van der Waals surface area contributed by atoms with Gasteiger partial charge in [0.1, 0.15) is 11.2 Å². The molecule has 1 aliphatic rings. The number of hydrogen-bond acceptors (Lipinski definition) is 3. The molecule has 0 aromatic rings. The van der Waals surface area contributed by atoms with Gasteiger partial charge in [-0.25, -0.2) is 0 Å². The van der Waals surface area contributed by atoms with Crippen molar-refractivity contribution in [3.63, 3.8) is 0 Å². The van der Waals surface area contributed by atoms with Crippen molar-refractivity contribution in [2.24, 2.45) is 0 Å². The maximum absolute atomic E-state index is 11.8. The van der Waals surface area contributed by atoms with Gasteiger partial charge in [-0.3, -0.25) is 13.6 Å². The van der Waals surface area contributed by atoms with Crippen LogP contribution in [0.5, 0.6) is 0 Å². The highest BCUT2D eigenvalue weighted by Gasteiger charge is 2.54. The van der Waals surface area contributed by atoms with E-state index in [1.807, 2.05) is 34.6 Å². The minimum Gasteiger partial charge on any atom is -0.299 e. The highest BCUT2D eigenvalue weighted by Crippen LogP contribution is 2.63. The third-order valence-corrected chi connectivity index (χ3v) is 4.82. The van der Waals surface area contributed by atoms with Crippen LogP contribution in [-0.2, 0) is 13.6 Å². The van der Waals surface area contributed by atoms with Crippen molar-refractivity contribution in [1.82, 2.24) is 0 Å². The molecule has 0 unspecified atom stereocenters. The summed E-state index contributed by atoms with van der Waals surface area (Å²) in [6, 6.07) is 0.